The van der Waals surface area contributed by atoms with Crippen molar-refractivity contribution in [1.82, 2.24) is 25.1 Å². The average Bonchev–Trinajstić information content (AvgIpc) is 2.98. The Kier molecular flexibility index (Phi) is 8.40. The second-order valence-electron chi connectivity index (χ2n) is 10.1. The summed E-state index contributed by atoms with van der Waals surface area (Å²) in [6.07, 6.45) is 0.222. The highest BCUT2D eigenvalue weighted by molar-refractivity contribution is 5.91. The molecular weight excluding hydrogens is 509 g/mol. The molecule has 40 heavy (non-hydrogen) atoms. The summed E-state index contributed by atoms with van der Waals surface area (Å²) in [5, 5.41) is 6.36. The summed E-state index contributed by atoms with van der Waals surface area (Å²) in [6.45, 7) is 3.30. The van der Waals surface area contributed by atoms with Crippen molar-refractivity contribution in [3.63, 3.8) is 0 Å². The topological polar surface area (TPSA) is 76.2 Å². The van der Waals surface area contributed by atoms with Crippen LogP contribution in [-0.4, -0.2) is 76.0 Å². The Bertz CT molecular complexity index is 1320. The summed E-state index contributed by atoms with van der Waals surface area (Å²) in [5.41, 5.74) is 2.81. The van der Waals surface area contributed by atoms with Crippen LogP contribution in [0.4, 0.5) is 9.18 Å². The normalized spacial score (nSPS) is 19.5. The van der Waals surface area contributed by atoms with Crippen molar-refractivity contribution in [3.8, 4) is 0 Å². The molecule has 8 nitrogen and oxygen atoms in total. The van der Waals surface area contributed by atoms with Gasteiger partial charge in [-0.1, -0.05) is 79.7 Å². The molecule has 0 unspecified atom stereocenters. The highest BCUT2D eigenvalue weighted by Crippen LogP contribution is 2.28. The van der Waals surface area contributed by atoms with E-state index in [1.54, 1.807) is 32.0 Å². The first-order valence-electron chi connectivity index (χ1n) is 13.7. The summed E-state index contributed by atoms with van der Waals surface area (Å²) >= 11 is 0. The highest BCUT2D eigenvalue weighted by Gasteiger charge is 2.50. The zero-order chi connectivity index (χ0) is 28.1. The number of nitrogens with zero attached hydrogens (tertiary/aromatic N) is 4. The molecule has 2 atom stereocenters. The molecule has 5 rings (SSSR count). The molecule has 0 aromatic heterocycles. The van der Waals surface area contributed by atoms with E-state index in [0.29, 0.717) is 32.5 Å². The lowest BCUT2D eigenvalue weighted by molar-refractivity contribution is -0.189. The summed E-state index contributed by atoms with van der Waals surface area (Å²) in [7, 11) is 0. The molecule has 2 fully saturated rings. The van der Waals surface area contributed by atoms with Gasteiger partial charge in [0.1, 0.15) is 18.0 Å². The van der Waals surface area contributed by atoms with E-state index in [2.05, 4.69) is 5.32 Å². The van der Waals surface area contributed by atoms with Gasteiger partial charge in [-0.25, -0.2) is 19.2 Å². The number of nitrogens with one attached hydrogen (secondary N) is 1. The molecule has 0 bridgehead atoms. The molecule has 9 heteroatoms. The van der Waals surface area contributed by atoms with E-state index < -0.39 is 12.2 Å². The van der Waals surface area contributed by atoms with Crippen molar-refractivity contribution in [3.05, 3.63) is 107 Å². The lowest BCUT2D eigenvalue weighted by Crippen LogP contribution is -2.76. The number of halogens is 1. The maximum absolute atomic E-state index is 13.9. The average molecular weight is 544 g/mol. The van der Waals surface area contributed by atoms with Gasteiger partial charge in [-0.2, -0.15) is 0 Å². The van der Waals surface area contributed by atoms with Crippen molar-refractivity contribution in [2.45, 2.75) is 38.5 Å². The first kappa shape index (κ1) is 27.3. The van der Waals surface area contributed by atoms with Gasteiger partial charge in [0.05, 0.1) is 13.1 Å². The van der Waals surface area contributed by atoms with E-state index >= 15 is 0 Å². The van der Waals surface area contributed by atoms with Gasteiger partial charge >= 0.3 is 6.03 Å². The fourth-order valence-electron chi connectivity index (χ4n) is 5.47. The first-order chi connectivity index (χ1) is 19.4. The fourth-order valence-corrected chi connectivity index (χ4v) is 5.47. The quantitative estimate of drug-likeness (QED) is 0.473. The molecule has 0 aliphatic carbocycles. The van der Waals surface area contributed by atoms with Crippen molar-refractivity contribution in [1.29, 1.82) is 0 Å². The number of fused-ring (bicyclic) bond motifs is 1. The van der Waals surface area contributed by atoms with Crippen LogP contribution < -0.4 is 5.32 Å². The zero-order valence-electron chi connectivity index (χ0n) is 22.6. The van der Waals surface area contributed by atoms with Gasteiger partial charge in [-0.05, 0) is 35.2 Å². The predicted octanol–water partition coefficient (Wildman–Crippen LogP) is 3.44. The predicted molar refractivity (Wildman–Crippen MR) is 149 cm³/mol. The van der Waals surface area contributed by atoms with E-state index in [1.165, 1.54) is 12.1 Å². The lowest BCUT2D eigenvalue weighted by atomic mass is 9.98. The summed E-state index contributed by atoms with van der Waals surface area (Å²) in [5.74, 6) is -0.634. The lowest BCUT2D eigenvalue weighted by Gasteiger charge is -2.55. The van der Waals surface area contributed by atoms with Crippen molar-refractivity contribution >= 4 is 17.8 Å². The van der Waals surface area contributed by atoms with Crippen molar-refractivity contribution < 1.29 is 18.8 Å². The smallest absolute Gasteiger partial charge is 0.334 e. The zero-order valence-corrected chi connectivity index (χ0v) is 22.6. The Hall–Kier alpha value is -4.24. The van der Waals surface area contributed by atoms with Crippen LogP contribution in [0.5, 0.6) is 0 Å². The van der Waals surface area contributed by atoms with E-state index in [-0.39, 0.29) is 36.8 Å². The molecule has 0 spiro atoms. The minimum atomic E-state index is -0.745. The van der Waals surface area contributed by atoms with Gasteiger partial charge in [-0.15, -0.1) is 0 Å². The number of hydrogen-bond donors (Lipinski definition) is 1. The Balaban J connectivity index is 1.43. The highest BCUT2D eigenvalue weighted by atomic mass is 19.1. The summed E-state index contributed by atoms with van der Waals surface area (Å²) < 4.78 is 13.4. The van der Waals surface area contributed by atoms with Gasteiger partial charge in [0.25, 0.3) is 0 Å². The Morgan fingerprint density at radius 3 is 2.20 bits per heavy atom. The number of carbonyl (C=O) groups is 3. The molecule has 0 radical (unpaired) electrons. The maximum atomic E-state index is 13.9. The van der Waals surface area contributed by atoms with Gasteiger partial charge in [0.15, 0.2) is 0 Å². The summed E-state index contributed by atoms with van der Waals surface area (Å²) in [6, 6.07) is 24.4. The third-order valence-electron chi connectivity index (χ3n) is 7.55. The van der Waals surface area contributed by atoms with Crippen LogP contribution >= 0.6 is 0 Å². The van der Waals surface area contributed by atoms with E-state index in [4.69, 9.17) is 0 Å². The molecule has 2 aliphatic heterocycles. The Morgan fingerprint density at radius 1 is 0.900 bits per heavy atom. The minimum absolute atomic E-state index is 0.0138. The first-order valence-corrected chi connectivity index (χ1v) is 13.7. The van der Waals surface area contributed by atoms with Crippen LogP contribution in [-0.2, 0) is 29.0 Å². The Morgan fingerprint density at radius 2 is 1.55 bits per heavy atom. The SMILES string of the molecule is CCN1CC(=O)N2[C@@H](Cc3ccccc3)C(=O)N(CCc3ccc(F)cc3)C[C@@H]2N1C(=O)NCc1ccccc1. The van der Waals surface area contributed by atoms with Crippen LogP contribution in [0.3, 0.4) is 0 Å². The van der Waals surface area contributed by atoms with Crippen LogP contribution in [0, 0.1) is 5.82 Å². The molecule has 3 aromatic rings. The molecule has 4 amide bonds. The monoisotopic (exact) mass is 543 g/mol. The molecule has 208 valence electrons. The van der Waals surface area contributed by atoms with Gasteiger partial charge < -0.3 is 15.1 Å². The van der Waals surface area contributed by atoms with E-state index in [0.717, 1.165) is 16.7 Å². The number of hydrogen-bond acceptors (Lipinski definition) is 4. The fraction of sp³-hybridized carbons (Fsp3) is 0.323. The molecule has 2 saturated heterocycles. The molecule has 3 aromatic carbocycles. The molecule has 2 aliphatic rings. The molecule has 1 N–H and O–H groups in total. The number of hydrazine groups is 1. The standard InChI is InChI=1S/C31H34FN5O3/c1-2-35-22-29(38)36-27(19-24-9-5-3-6-10-24)30(39)34(18-17-23-13-15-26(32)16-14-23)21-28(36)37(35)31(40)33-20-25-11-7-4-8-12-25/h3-16,27-28H,2,17-22H2,1H3,(H,33,40)/t27-,28-/m0/s1. The second-order valence-corrected chi connectivity index (χ2v) is 10.1. The molecular formula is C31H34FN5O3. The van der Waals surface area contributed by atoms with Crippen molar-refractivity contribution in [2.24, 2.45) is 0 Å². The second kappa shape index (κ2) is 12.3. The van der Waals surface area contributed by atoms with E-state index in [9.17, 15) is 18.8 Å². The van der Waals surface area contributed by atoms with Gasteiger partial charge in [0.2, 0.25) is 11.8 Å². The van der Waals surface area contributed by atoms with Crippen LogP contribution in [0.1, 0.15) is 23.6 Å². The number of benzene rings is 3. The summed E-state index contributed by atoms with van der Waals surface area (Å²) in [4.78, 5) is 44.4. The van der Waals surface area contributed by atoms with Crippen LogP contribution in [0.2, 0.25) is 0 Å². The third-order valence-corrected chi connectivity index (χ3v) is 7.55. The Labute approximate surface area is 233 Å². The van der Waals surface area contributed by atoms with Crippen LogP contribution in [0.15, 0.2) is 84.9 Å². The third kappa shape index (κ3) is 5.99. The van der Waals surface area contributed by atoms with Gasteiger partial charge in [0, 0.05) is 26.1 Å². The minimum Gasteiger partial charge on any atom is -0.337 e. The molecule has 2 heterocycles. The number of rotatable bonds is 8. The number of carbonyl (C=O) groups excluding carboxylic acids is 3. The number of amides is 4. The van der Waals surface area contributed by atoms with E-state index in [1.807, 2.05) is 67.6 Å². The van der Waals surface area contributed by atoms with Crippen molar-refractivity contribution in [2.75, 3.05) is 26.2 Å². The number of likely N-dealkylation sites (N-methyl/N-ethyl adjacent to an activating group) is 1. The number of urea groups is 1. The maximum Gasteiger partial charge on any atom is 0.334 e. The van der Waals surface area contributed by atoms with Crippen LogP contribution in [0.25, 0.3) is 0 Å². The van der Waals surface area contributed by atoms with Gasteiger partial charge in [-0.3, -0.25) is 9.59 Å². The molecule has 0 saturated carbocycles. The largest absolute Gasteiger partial charge is 0.337 e. The number of piperazine rings is 1.